The highest BCUT2D eigenvalue weighted by molar-refractivity contribution is 7.05. The molecule has 10 nitrogen and oxygen atoms in total. The average molecular weight is 484 g/mol. The highest BCUT2D eigenvalue weighted by Crippen LogP contribution is 2.26. The van der Waals surface area contributed by atoms with E-state index < -0.39 is 11.9 Å². The molecule has 3 heterocycles. The van der Waals surface area contributed by atoms with Gasteiger partial charge in [-0.1, -0.05) is 30.3 Å². The standard InChI is InChI=1S/C23H25N5O5S/c1-2-32-20(11-18(22(29)30)21-26-23(27-34-21)28-9-8-24-14-28)25-12-17(19-13-31-15-33-19)10-16-6-4-3-5-7-16/h3-9,13-14,17-18H,2,10-12,15H2,1H3,(H,29,30). The van der Waals surface area contributed by atoms with Crippen LogP contribution >= 0.6 is 11.5 Å². The zero-order valence-corrected chi connectivity index (χ0v) is 19.4. The van der Waals surface area contributed by atoms with Crippen molar-refractivity contribution in [1.29, 1.82) is 0 Å². The molecule has 0 fully saturated rings. The first-order chi connectivity index (χ1) is 16.6. The van der Waals surface area contributed by atoms with Crippen LogP contribution in [0, 0.1) is 5.92 Å². The second-order valence-corrected chi connectivity index (χ2v) is 8.28. The molecule has 0 saturated heterocycles. The lowest BCUT2D eigenvalue weighted by molar-refractivity contribution is -0.138. The van der Waals surface area contributed by atoms with Crippen molar-refractivity contribution in [2.75, 3.05) is 19.9 Å². The summed E-state index contributed by atoms with van der Waals surface area (Å²) in [7, 11) is 0. The van der Waals surface area contributed by atoms with Gasteiger partial charge in [-0.2, -0.15) is 4.37 Å². The Balaban J connectivity index is 1.51. The molecule has 1 N–H and O–H groups in total. The van der Waals surface area contributed by atoms with Crippen molar-refractivity contribution in [3.8, 4) is 5.95 Å². The van der Waals surface area contributed by atoms with Crippen LogP contribution in [0.1, 0.15) is 29.8 Å². The molecule has 0 radical (unpaired) electrons. The van der Waals surface area contributed by atoms with E-state index in [1.165, 1.54) is 0 Å². The first kappa shape index (κ1) is 23.4. The first-order valence-corrected chi connectivity index (χ1v) is 11.6. The number of aliphatic imine (C=N–C) groups is 1. The third kappa shape index (κ3) is 5.98. The molecule has 0 aliphatic carbocycles. The van der Waals surface area contributed by atoms with Crippen LogP contribution in [0.5, 0.6) is 0 Å². The molecule has 1 aromatic carbocycles. The summed E-state index contributed by atoms with van der Waals surface area (Å²) in [5, 5.41) is 10.3. The van der Waals surface area contributed by atoms with E-state index >= 15 is 0 Å². The van der Waals surface area contributed by atoms with Crippen molar-refractivity contribution in [1.82, 2.24) is 18.9 Å². The molecule has 0 bridgehead atoms. The van der Waals surface area contributed by atoms with E-state index in [1.54, 1.807) is 29.6 Å². The van der Waals surface area contributed by atoms with Gasteiger partial charge >= 0.3 is 5.97 Å². The molecule has 34 heavy (non-hydrogen) atoms. The normalized spacial score (nSPS) is 15.2. The predicted molar refractivity (Wildman–Crippen MR) is 125 cm³/mol. The number of carboxylic acids is 1. The van der Waals surface area contributed by atoms with Crippen LogP contribution in [0.3, 0.4) is 0 Å². The lowest BCUT2D eigenvalue weighted by Crippen LogP contribution is -2.20. The maximum absolute atomic E-state index is 12.1. The molecule has 2 aromatic heterocycles. The number of aromatic nitrogens is 4. The molecule has 2 atom stereocenters. The topological polar surface area (TPSA) is 121 Å². The minimum atomic E-state index is -1.02. The number of nitrogens with zero attached hydrogens (tertiary/aromatic N) is 5. The third-order valence-corrected chi connectivity index (χ3v) is 5.98. The molecule has 178 valence electrons. The largest absolute Gasteiger partial charge is 0.481 e. The van der Waals surface area contributed by atoms with E-state index in [-0.39, 0.29) is 19.1 Å². The van der Waals surface area contributed by atoms with Gasteiger partial charge in [0.05, 0.1) is 13.2 Å². The van der Waals surface area contributed by atoms with Crippen molar-refractivity contribution < 1.29 is 24.1 Å². The minimum absolute atomic E-state index is 0.0657. The van der Waals surface area contributed by atoms with E-state index in [2.05, 4.69) is 19.3 Å². The maximum Gasteiger partial charge on any atom is 0.314 e. The fraction of sp³-hybridized carbons (Fsp3) is 0.348. The van der Waals surface area contributed by atoms with Crippen molar-refractivity contribution in [3.63, 3.8) is 0 Å². The van der Waals surface area contributed by atoms with Crippen LogP contribution in [0.15, 0.2) is 66.1 Å². The van der Waals surface area contributed by atoms with Crippen LogP contribution in [-0.2, 0) is 25.4 Å². The van der Waals surface area contributed by atoms with Gasteiger partial charge in [0.1, 0.15) is 29.3 Å². The summed E-state index contributed by atoms with van der Waals surface area (Å²) < 4.78 is 22.5. The van der Waals surface area contributed by atoms with Crippen LogP contribution < -0.4 is 0 Å². The molecule has 0 amide bonds. The Labute approximate surface area is 200 Å². The summed E-state index contributed by atoms with van der Waals surface area (Å²) in [5.41, 5.74) is 1.14. The van der Waals surface area contributed by atoms with Crippen molar-refractivity contribution in [2.45, 2.75) is 25.7 Å². The summed E-state index contributed by atoms with van der Waals surface area (Å²) in [4.78, 5) is 25.1. The number of ether oxygens (including phenoxy) is 3. The average Bonchev–Trinajstić information content (AvgIpc) is 3.62. The predicted octanol–water partition coefficient (Wildman–Crippen LogP) is 3.42. The summed E-state index contributed by atoms with van der Waals surface area (Å²) in [5.74, 6) is -0.571. The zero-order chi connectivity index (χ0) is 23.8. The van der Waals surface area contributed by atoms with E-state index in [0.29, 0.717) is 42.2 Å². The molecular weight excluding hydrogens is 458 g/mol. The minimum Gasteiger partial charge on any atom is -0.481 e. The third-order valence-electron chi connectivity index (χ3n) is 5.16. The number of rotatable bonds is 11. The number of imidazole rings is 1. The molecule has 0 saturated carbocycles. The van der Waals surface area contributed by atoms with Crippen LogP contribution in [0.4, 0.5) is 0 Å². The molecule has 1 aliphatic heterocycles. The number of hydrogen-bond donors (Lipinski definition) is 1. The van der Waals surface area contributed by atoms with Gasteiger partial charge in [-0.15, -0.1) is 0 Å². The van der Waals surface area contributed by atoms with E-state index in [9.17, 15) is 9.90 Å². The fourth-order valence-electron chi connectivity index (χ4n) is 3.47. The van der Waals surface area contributed by atoms with Gasteiger partial charge in [0, 0.05) is 24.7 Å². The fourth-order valence-corrected chi connectivity index (χ4v) is 4.22. The smallest absolute Gasteiger partial charge is 0.314 e. The maximum atomic E-state index is 12.1. The Morgan fingerprint density at radius 1 is 1.35 bits per heavy atom. The Morgan fingerprint density at radius 2 is 2.21 bits per heavy atom. The van der Waals surface area contributed by atoms with Gasteiger partial charge in [0.2, 0.25) is 12.7 Å². The second-order valence-electron chi connectivity index (χ2n) is 7.50. The van der Waals surface area contributed by atoms with Crippen LogP contribution in [0.25, 0.3) is 5.95 Å². The van der Waals surface area contributed by atoms with E-state index in [4.69, 9.17) is 14.2 Å². The number of aliphatic carboxylic acids is 1. The van der Waals surface area contributed by atoms with Crippen molar-refractivity contribution in [3.05, 3.63) is 71.6 Å². The van der Waals surface area contributed by atoms with E-state index in [0.717, 1.165) is 17.1 Å². The zero-order valence-electron chi connectivity index (χ0n) is 18.6. The molecule has 11 heteroatoms. The Hall–Kier alpha value is -3.73. The van der Waals surface area contributed by atoms with E-state index in [1.807, 2.05) is 37.3 Å². The number of carboxylic acid groups (broad SMARTS) is 1. The molecule has 2 unspecified atom stereocenters. The van der Waals surface area contributed by atoms with Gasteiger partial charge in [-0.25, -0.2) is 9.97 Å². The lowest BCUT2D eigenvalue weighted by atomic mass is 9.97. The summed E-state index contributed by atoms with van der Waals surface area (Å²) in [6, 6.07) is 10.0. The van der Waals surface area contributed by atoms with Gasteiger partial charge < -0.3 is 19.3 Å². The van der Waals surface area contributed by atoms with Gasteiger partial charge in [-0.05, 0) is 30.4 Å². The summed E-state index contributed by atoms with van der Waals surface area (Å²) >= 11 is 1.04. The number of hydrogen-bond acceptors (Lipinski definition) is 9. The lowest BCUT2D eigenvalue weighted by Gasteiger charge is -2.17. The molecule has 1 aliphatic rings. The first-order valence-electron chi connectivity index (χ1n) is 10.8. The number of carbonyl (C=O) groups is 1. The molecule has 0 spiro atoms. The monoisotopic (exact) mass is 483 g/mol. The summed E-state index contributed by atoms with van der Waals surface area (Å²) in [6.45, 7) is 2.75. The Morgan fingerprint density at radius 3 is 2.88 bits per heavy atom. The van der Waals surface area contributed by atoms with Gasteiger partial charge in [-0.3, -0.25) is 14.4 Å². The molecule has 3 aromatic rings. The Bertz CT molecular complexity index is 1130. The van der Waals surface area contributed by atoms with Gasteiger partial charge in [0.25, 0.3) is 0 Å². The molecular formula is C23H25N5O5S. The second kappa shape index (κ2) is 11.4. The quantitative estimate of drug-likeness (QED) is 0.325. The Kier molecular flexibility index (Phi) is 7.87. The van der Waals surface area contributed by atoms with Crippen LogP contribution in [0.2, 0.25) is 0 Å². The van der Waals surface area contributed by atoms with Crippen molar-refractivity contribution in [2.24, 2.45) is 10.9 Å². The summed E-state index contributed by atoms with van der Waals surface area (Å²) in [6.07, 6.45) is 7.25. The number of benzene rings is 1. The van der Waals surface area contributed by atoms with Gasteiger partial charge in [0.15, 0.2) is 5.90 Å². The highest BCUT2D eigenvalue weighted by atomic mass is 32.1. The van der Waals surface area contributed by atoms with Crippen LogP contribution in [-0.4, -0.2) is 55.8 Å². The van der Waals surface area contributed by atoms with Crippen molar-refractivity contribution >= 4 is 23.4 Å². The highest BCUT2D eigenvalue weighted by Gasteiger charge is 2.28. The molecule has 4 rings (SSSR count). The SMILES string of the molecule is CCOC(CC(C(=O)O)c1nc(-n2ccnc2)ns1)=NCC(Cc1ccccc1)C1=COCO1.